The molecule has 114 valence electrons. The van der Waals surface area contributed by atoms with Gasteiger partial charge < -0.3 is 15.1 Å². The minimum atomic E-state index is -0.643. The van der Waals surface area contributed by atoms with E-state index in [-0.39, 0.29) is 17.4 Å². The minimum absolute atomic E-state index is 0.0115. The van der Waals surface area contributed by atoms with Crippen LogP contribution in [-0.2, 0) is 13.1 Å². The Bertz CT molecular complexity index is 996. The van der Waals surface area contributed by atoms with E-state index < -0.39 is 5.63 Å². The van der Waals surface area contributed by atoms with Crippen LogP contribution >= 0.6 is 0 Å². The molecule has 0 bridgehead atoms. The van der Waals surface area contributed by atoms with Crippen molar-refractivity contribution in [3.05, 3.63) is 63.8 Å². The van der Waals surface area contributed by atoms with E-state index in [2.05, 4.69) is 9.97 Å². The van der Waals surface area contributed by atoms with Crippen molar-refractivity contribution in [1.82, 2.24) is 14.9 Å². The Hall–Kier alpha value is -3.22. The van der Waals surface area contributed by atoms with E-state index in [0.717, 1.165) is 5.56 Å². The molecule has 7 heteroatoms. The Labute approximate surface area is 130 Å². The van der Waals surface area contributed by atoms with Gasteiger partial charge in [0.1, 0.15) is 11.1 Å². The molecule has 1 amide bonds. The highest BCUT2D eigenvalue weighted by molar-refractivity contribution is 5.96. The summed E-state index contributed by atoms with van der Waals surface area (Å²) in [5.41, 5.74) is 6.92. The van der Waals surface area contributed by atoms with Gasteiger partial charge in [-0.1, -0.05) is 18.2 Å². The molecule has 23 heavy (non-hydrogen) atoms. The fraction of sp³-hybridized carbons (Fsp3) is 0.125. The van der Waals surface area contributed by atoms with Crippen molar-refractivity contribution >= 4 is 22.8 Å². The zero-order valence-corrected chi connectivity index (χ0v) is 12.0. The first kappa shape index (κ1) is 13.4. The third-order valence-electron chi connectivity index (χ3n) is 3.83. The van der Waals surface area contributed by atoms with Gasteiger partial charge >= 0.3 is 5.63 Å². The number of rotatable bonds is 1. The van der Waals surface area contributed by atoms with Gasteiger partial charge in [0.05, 0.1) is 12.2 Å². The zero-order valence-electron chi connectivity index (χ0n) is 12.0. The monoisotopic (exact) mass is 308 g/mol. The summed E-state index contributed by atoms with van der Waals surface area (Å²) >= 11 is 0. The molecule has 0 fully saturated rings. The number of anilines is 1. The van der Waals surface area contributed by atoms with E-state index in [1.165, 1.54) is 4.90 Å². The zero-order chi connectivity index (χ0) is 16.0. The summed E-state index contributed by atoms with van der Waals surface area (Å²) in [6.45, 7) is 0.647. The van der Waals surface area contributed by atoms with Crippen molar-refractivity contribution in [1.29, 1.82) is 0 Å². The first-order valence-corrected chi connectivity index (χ1v) is 7.04. The maximum absolute atomic E-state index is 12.7. The standard InChI is InChI=1S/C16H12N4O3/c17-16-18-6-10-7-20(8-12(10)19-16)14(21)11-5-9-3-1-2-4-13(9)23-15(11)22/h1-6H,7-8H2,(H2,17,18,19). The quantitative estimate of drug-likeness (QED) is 0.680. The molecule has 0 spiro atoms. The van der Waals surface area contributed by atoms with Crippen LogP contribution in [-0.4, -0.2) is 20.8 Å². The number of aromatic nitrogens is 2. The first-order chi connectivity index (χ1) is 11.1. The molecule has 1 aliphatic heterocycles. The van der Waals surface area contributed by atoms with Crippen molar-refractivity contribution in [2.24, 2.45) is 0 Å². The Morgan fingerprint density at radius 3 is 2.96 bits per heavy atom. The maximum Gasteiger partial charge on any atom is 0.349 e. The molecule has 0 saturated heterocycles. The van der Waals surface area contributed by atoms with Crippen molar-refractivity contribution in [3.8, 4) is 0 Å². The van der Waals surface area contributed by atoms with Gasteiger partial charge in [0.2, 0.25) is 5.95 Å². The van der Waals surface area contributed by atoms with Crippen LogP contribution in [0.1, 0.15) is 21.6 Å². The molecule has 0 unspecified atom stereocenters. The van der Waals surface area contributed by atoms with Crippen LogP contribution in [0.5, 0.6) is 0 Å². The molecule has 2 N–H and O–H groups in total. The Morgan fingerprint density at radius 2 is 2.09 bits per heavy atom. The number of hydrogen-bond donors (Lipinski definition) is 1. The number of benzene rings is 1. The van der Waals surface area contributed by atoms with Gasteiger partial charge in [-0.15, -0.1) is 0 Å². The van der Waals surface area contributed by atoms with E-state index in [1.807, 2.05) is 6.07 Å². The van der Waals surface area contributed by atoms with Crippen LogP contribution in [0.3, 0.4) is 0 Å². The molecule has 1 aromatic carbocycles. The summed E-state index contributed by atoms with van der Waals surface area (Å²) in [4.78, 5) is 34.3. The van der Waals surface area contributed by atoms with Gasteiger partial charge in [-0.2, -0.15) is 0 Å². The van der Waals surface area contributed by atoms with E-state index in [9.17, 15) is 9.59 Å². The molecule has 4 rings (SSSR count). The molecule has 3 heterocycles. The van der Waals surface area contributed by atoms with Crippen LogP contribution in [0.2, 0.25) is 0 Å². The second kappa shape index (κ2) is 4.91. The number of nitrogen functional groups attached to an aromatic ring is 1. The number of carbonyl (C=O) groups excluding carboxylic acids is 1. The predicted molar refractivity (Wildman–Crippen MR) is 82.5 cm³/mol. The summed E-state index contributed by atoms with van der Waals surface area (Å²) in [5.74, 6) is -0.218. The molecule has 2 aromatic heterocycles. The maximum atomic E-state index is 12.7. The molecule has 3 aromatic rings. The smallest absolute Gasteiger partial charge is 0.349 e. The Morgan fingerprint density at radius 1 is 1.26 bits per heavy atom. The third-order valence-corrected chi connectivity index (χ3v) is 3.83. The second-order valence-corrected chi connectivity index (χ2v) is 5.35. The van der Waals surface area contributed by atoms with Crippen LogP contribution in [0.4, 0.5) is 5.95 Å². The number of para-hydroxylation sites is 1. The van der Waals surface area contributed by atoms with Gasteiger partial charge in [0.15, 0.2) is 0 Å². The number of hydrogen-bond acceptors (Lipinski definition) is 6. The van der Waals surface area contributed by atoms with Gasteiger partial charge in [-0.25, -0.2) is 14.8 Å². The van der Waals surface area contributed by atoms with Crippen molar-refractivity contribution in [2.45, 2.75) is 13.1 Å². The average molecular weight is 308 g/mol. The van der Waals surface area contributed by atoms with Gasteiger partial charge in [0.25, 0.3) is 5.91 Å². The fourth-order valence-electron chi connectivity index (χ4n) is 2.69. The van der Waals surface area contributed by atoms with Gasteiger partial charge in [0, 0.05) is 23.7 Å². The lowest BCUT2D eigenvalue weighted by atomic mass is 10.1. The molecule has 0 radical (unpaired) electrons. The lowest BCUT2D eigenvalue weighted by Crippen LogP contribution is -2.29. The van der Waals surface area contributed by atoms with Crippen molar-refractivity contribution in [3.63, 3.8) is 0 Å². The van der Waals surface area contributed by atoms with E-state index >= 15 is 0 Å². The molecule has 7 nitrogen and oxygen atoms in total. The Kier molecular flexibility index (Phi) is 2.87. The van der Waals surface area contributed by atoms with Crippen LogP contribution < -0.4 is 11.4 Å². The number of amides is 1. The SMILES string of the molecule is Nc1ncc2c(n1)CN(C(=O)c1cc3ccccc3oc1=O)C2. The highest BCUT2D eigenvalue weighted by Crippen LogP contribution is 2.23. The van der Waals surface area contributed by atoms with Crippen LogP contribution in [0.15, 0.2) is 45.7 Å². The highest BCUT2D eigenvalue weighted by atomic mass is 16.4. The lowest BCUT2D eigenvalue weighted by Gasteiger charge is -2.14. The summed E-state index contributed by atoms with van der Waals surface area (Å²) < 4.78 is 5.22. The van der Waals surface area contributed by atoms with Gasteiger partial charge in [-0.3, -0.25) is 4.79 Å². The number of nitrogens with two attached hydrogens (primary N) is 1. The predicted octanol–water partition coefficient (Wildman–Crippen LogP) is 1.32. The molecule has 0 aliphatic carbocycles. The number of carbonyl (C=O) groups is 1. The molecule has 0 atom stereocenters. The summed E-state index contributed by atoms with van der Waals surface area (Å²) in [6.07, 6.45) is 1.60. The number of nitrogens with zero attached hydrogens (tertiary/aromatic N) is 3. The van der Waals surface area contributed by atoms with Crippen molar-refractivity contribution < 1.29 is 9.21 Å². The normalized spacial score (nSPS) is 13.3. The van der Waals surface area contributed by atoms with E-state index in [0.29, 0.717) is 29.8 Å². The molecule has 0 saturated carbocycles. The highest BCUT2D eigenvalue weighted by Gasteiger charge is 2.28. The molecular weight excluding hydrogens is 296 g/mol. The average Bonchev–Trinajstić information content (AvgIpc) is 2.96. The number of fused-ring (bicyclic) bond motifs is 2. The molecule has 1 aliphatic rings. The topological polar surface area (TPSA) is 102 Å². The van der Waals surface area contributed by atoms with Crippen molar-refractivity contribution in [2.75, 3.05) is 5.73 Å². The summed E-state index contributed by atoms with van der Waals surface area (Å²) in [6, 6.07) is 8.63. The third kappa shape index (κ3) is 2.22. The second-order valence-electron chi connectivity index (χ2n) is 5.35. The largest absolute Gasteiger partial charge is 0.422 e. The fourth-order valence-corrected chi connectivity index (χ4v) is 2.69. The lowest BCUT2D eigenvalue weighted by molar-refractivity contribution is 0.0746. The van der Waals surface area contributed by atoms with Crippen LogP contribution in [0, 0.1) is 0 Å². The Balaban J connectivity index is 1.71. The van der Waals surface area contributed by atoms with Gasteiger partial charge in [-0.05, 0) is 12.1 Å². The van der Waals surface area contributed by atoms with Crippen LogP contribution in [0.25, 0.3) is 11.0 Å². The summed E-state index contributed by atoms with van der Waals surface area (Å²) in [7, 11) is 0. The van der Waals surface area contributed by atoms with E-state index in [1.54, 1.807) is 30.5 Å². The molecular formula is C16H12N4O3. The minimum Gasteiger partial charge on any atom is -0.422 e. The summed E-state index contributed by atoms with van der Waals surface area (Å²) in [5, 5.41) is 0.705. The van der Waals surface area contributed by atoms with E-state index in [4.69, 9.17) is 10.2 Å². The first-order valence-electron chi connectivity index (χ1n) is 7.04.